The van der Waals surface area contributed by atoms with Crippen LogP contribution in [0.3, 0.4) is 0 Å². The van der Waals surface area contributed by atoms with Crippen LogP contribution >= 0.6 is 11.8 Å². The van der Waals surface area contributed by atoms with Crippen molar-refractivity contribution in [1.29, 1.82) is 0 Å². The standard InChI is InChI=1S/C27H28ClNO10/c1-10-22(31)14(29-28)7-17(38-10)39-16-9-27(36,11(2)30)8-13-19(16)26(35)21-20(24(13)33)23(32)12-5-4-6-15(37-3)18(12)25(21)34/h4-6,10,14,16-17,22,29,31,33,35-36H,7-9H2,1-3H3/t10-,14-,16+,17-,22+,27+/m1/s1. The molecule has 0 bridgehead atoms. The van der Waals surface area contributed by atoms with E-state index in [0.717, 1.165) is 0 Å². The molecule has 1 fully saturated rings. The summed E-state index contributed by atoms with van der Waals surface area (Å²) in [6.45, 7) is 2.79. The molecule has 2 aliphatic carbocycles. The molecule has 2 aromatic rings. The Balaban J connectivity index is 1.67. The Labute approximate surface area is 228 Å². The molecule has 12 heteroatoms. The second kappa shape index (κ2) is 9.84. The summed E-state index contributed by atoms with van der Waals surface area (Å²) in [6.07, 6.45) is -4.60. The van der Waals surface area contributed by atoms with Crippen molar-refractivity contribution >= 4 is 29.1 Å². The Morgan fingerprint density at radius 3 is 2.49 bits per heavy atom. The number of nitrogens with one attached hydrogen (secondary N) is 1. The first-order chi connectivity index (χ1) is 18.4. The van der Waals surface area contributed by atoms with E-state index < -0.39 is 82.6 Å². The SMILES string of the molecule is COc1cccc2c1C(=O)c1c(O)c3c(c(O)c1C2=O)C[C@@](O)(C(C)=O)C[C@@H]3O[C@@H]1C[C@@H](NCl)[C@@H](O)[C@@H](C)O1. The van der Waals surface area contributed by atoms with Gasteiger partial charge in [0.25, 0.3) is 0 Å². The van der Waals surface area contributed by atoms with Gasteiger partial charge in [-0.25, -0.2) is 4.84 Å². The van der Waals surface area contributed by atoms with Crippen LogP contribution in [0.2, 0.25) is 0 Å². The van der Waals surface area contributed by atoms with Gasteiger partial charge in [0.15, 0.2) is 17.9 Å². The van der Waals surface area contributed by atoms with Gasteiger partial charge in [-0.1, -0.05) is 12.1 Å². The monoisotopic (exact) mass is 561 g/mol. The zero-order valence-electron chi connectivity index (χ0n) is 21.4. The molecule has 0 unspecified atom stereocenters. The lowest BCUT2D eigenvalue weighted by atomic mass is 9.72. The molecule has 0 radical (unpaired) electrons. The molecule has 11 nitrogen and oxygen atoms in total. The van der Waals surface area contributed by atoms with E-state index >= 15 is 0 Å². The topological polar surface area (TPSA) is 172 Å². The minimum absolute atomic E-state index is 0.0188. The number of aliphatic hydroxyl groups excluding tert-OH is 1. The zero-order valence-corrected chi connectivity index (χ0v) is 22.1. The van der Waals surface area contributed by atoms with Crippen molar-refractivity contribution in [3.63, 3.8) is 0 Å². The Bertz CT molecular complexity index is 1390. The van der Waals surface area contributed by atoms with Gasteiger partial charge in [-0.15, -0.1) is 0 Å². The second-order valence-electron chi connectivity index (χ2n) is 10.2. The lowest BCUT2D eigenvalue weighted by Gasteiger charge is -2.42. The first kappa shape index (κ1) is 27.5. The van der Waals surface area contributed by atoms with Crippen molar-refractivity contribution in [3.05, 3.63) is 51.6 Å². The molecule has 39 heavy (non-hydrogen) atoms. The highest BCUT2D eigenvalue weighted by Gasteiger charge is 2.49. The number of methoxy groups -OCH3 is 1. The highest BCUT2D eigenvalue weighted by molar-refractivity contribution is 6.31. The van der Waals surface area contributed by atoms with Crippen LogP contribution < -0.4 is 9.57 Å². The Kier molecular flexibility index (Phi) is 6.94. The van der Waals surface area contributed by atoms with E-state index in [1.54, 1.807) is 6.92 Å². The Hall–Kier alpha value is -3.06. The Morgan fingerprint density at radius 1 is 1.15 bits per heavy atom. The highest BCUT2D eigenvalue weighted by atomic mass is 35.5. The van der Waals surface area contributed by atoms with Crippen molar-refractivity contribution in [3.8, 4) is 17.2 Å². The van der Waals surface area contributed by atoms with Crippen LogP contribution in [0.25, 0.3) is 0 Å². The maximum absolute atomic E-state index is 13.7. The molecule has 1 heterocycles. The van der Waals surface area contributed by atoms with E-state index in [9.17, 15) is 34.8 Å². The fourth-order valence-corrected chi connectivity index (χ4v) is 5.95. The first-order valence-corrected chi connectivity index (χ1v) is 12.8. The summed E-state index contributed by atoms with van der Waals surface area (Å²) in [4.78, 5) is 42.2. The van der Waals surface area contributed by atoms with Crippen LogP contribution in [-0.4, -0.2) is 75.0 Å². The number of hydrogen-bond acceptors (Lipinski definition) is 11. The third-order valence-electron chi connectivity index (χ3n) is 7.89. The first-order valence-electron chi connectivity index (χ1n) is 12.4. The van der Waals surface area contributed by atoms with Gasteiger partial charge in [0.2, 0.25) is 5.78 Å². The quantitative estimate of drug-likeness (QED) is 0.227. The number of phenols is 2. The van der Waals surface area contributed by atoms with Gasteiger partial charge in [-0.2, -0.15) is 0 Å². The number of halogens is 1. The average Bonchev–Trinajstić information content (AvgIpc) is 2.90. The number of fused-ring (bicyclic) bond motifs is 3. The second-order valence-corrected chi connectivity index (χ2v) is 10.4. The number of benzene rings is 2. The lowest BCUT2D eigenvalue weighted by molar-refractivity contribution is -0.248. The molecule has 5 rings (SSSR count). The number of ether oxygens (including phenoxy) is 3. The number of rotatable bonds is 5. The van der Waals surface area contributed by atoms with Crippen molar-refractivity contribution in [2.75, 3.05) is 7.11 Å². The van der Waals surface area contributed by atoms with Crippen LogP contribution in [-0.2, 0) is 20.7 Å². The van der Waals surface area contributed by atoms with E-state index in [4.69, 9.17) is 26.0 Å². The van der Waals surface area contributed by atoms with Gasteiger partial charge >= 0.3 is 0 Å². The molecule has 0 aromatic heterocycles. The van der Waals surface area contributed by atoms with Crippen LogP contribution in [0.5, 0.6) is 17.2 Å². The normalized spacial score (nSPS) is 29.8. The zero-order chi connectivity index (χ0) is 28.4. The number of hydrogen-bond donors (Lipinski definition) is 5. The number of Topliss-reactive ketones (excluding diaryl/α,β-unsaturated/α-hetero) is 1. The van der Waals surface area contributed by atoms with E-state index in [2.05, 4.69) is 4.84 Å². The lowest BCUT2D eigenvalue weighted by Crippen LogP contribution is -2.52. The van der Waals surface area contributed by atoms with E-state index in [1.807, 2.05) is 0 Å². The molecule has 5 N–H and O–H groups in total. The van der Waals surface area contributed by atoms with Crippen LogP contribution in [0.4, 0.5) is 0 Å². The van der Waals surface area contributed by atoms with Crippen LogP contribution in [0, 0.1) is 0 Å². The number of phenolic OH excluding ortho intramolecular Hbond substituents is 2. The molecule has 2 aromatic carbocycles. The molecular formula is C27H28ClNO10. The fraction of sp³-hybridized carbons (Fsp3) is 0.444. The summed E-state index contributed by atoms with van der Waals surface area (Å²) in [5.41, 5.74) is -3.09. The van der Waals surface area contributed by atoms with Gasteiger partial charge in [-0.3, -0.25) is 14.4 Å². The van der Waals surface area contributed by atoms with Crippen molar-refractivity contribution < 1.29 is 49.0 Å². The van der Waals surface area contributed by atoms with E-state index in [1.165, 1.54) is 32.2 Å². The molecule has 208 valence electrons. The summed E-state index contributed by atoms with van der Waals surface area (Å²) in [7, 11) is 1.34. The van der Waals surface area contributed by atoms with Crippen molar-refractivity contribution in [2.24, 2.45) is 0 Å². The van der Waals surface area contributed by atoms with Gasteiger partial charge < -0.3 is 34.6 Å². The molecule has 1 saturated heterocycles. The predicted molar refractivity (Wildman–Crippen MR) is 135 cm³/mol. The number of carbonyl (C=O) groups excluding carboxylic acids is 3. The number of ketones is 3. The van der Waals surface area contributed by atoms with E-state index in [-0.39, 0.29) is 40.8 Å². The molecule has 0 spiro atoms. The van der Waals surface area contributed by atoms with Gasteiger partial charge in [0.1, 0.15) is 22.8 Å². The van der Waals surface area contributed by atoms with Gasteiger partial charge in [-0.05, 0) is 31.7 Å². The number of carbonyl (C=O) groups is 3. The minimum Gasteiger partial charge on any atom is -0.507 e. The third-order valence-corrected chi connectivity index (χ3v) is 8.17. The summed E-state index contributed by atoms with van der Waals surface area (Å²) >= 11 is 5.78. The molecule has 0 saturated carbocycles. The third kappa shape index (κ3) is 4.21. The summed E-state index contributed by atoms with van der Waals surface area (Å²) in [5, 5.41) is 44.4. The maximum atomic E-state index is 13.7. The molecular weight excluding hydrogens is 534 g/mol. The maximum Gasteiger partial charge on any atom is 0.202 e. The fourth-order valence-electron chi connectivity index (χ4n) is 5.73. The number of aromatic hydroxyl groups is 2. The average molecular weight is 562 g/mol. The highest BCUT2D eigenvalue weighted by Crippen LogP contribution is 2.52. The van der Waals surface area contributed by atoms with Gasteiger partial charge in [0.05, 0.1) is 48.2 Å². The van der Waals surface area contributed by atoms with Crippen LogP contribution in [0.15, 0.2) is 18.2 Å². The van der Waals surface area contributed by atoms with Crippen molar-refractivity contribution in [1.82, 2.24) is 4.84 Å². The molecule has 0 amide bonds. The summed E-state index contributed by atoms with van der Waals surface area (Å²) in [5.74, 6) is -3.21. The summed E-state index contributed by atoms with van der Waals surface area (Å²) in [6, 6.07) is 3.81. The van der Waals surface area contributed by atoms with E-state index in [0.29, 0.717) is 0 Å². The summed E-state index contributed by atoms with van der Waals surface area (Å²) < 4.78 is 17.2. The molecule has 1 aliphatic heterocycles. The van der Waals surface area contributed by atoms with Crippen molar-refractivity contribution in [2.45, 2.75) is 69.4 Å². The molecule has 3 aliphatic rings. The largest absolute Gasteiger partial charge is 0.507 e. The van der Waals surface area contributed by atoms with Gasteiger partial charge in [0, 0.05) is 36.0 Å². The Morgan fingerprint density at radius 2 is 1.85 bits per heavy atom. The predicted octanol–water partition coefficient (Wildman–Crippen LogP) is 1.81. The van der Waals surface area contributed by atoms with Crippen LogP contribution in [0.1, 0.15) is 75.8 Å². The minimum atomic E-state index is -2.01. The molecule has 6 atom stereocenters. The smallest absolute Gasteiger partial charge is 0.202 e. The number of aliphatic hydroxyl groups is 2.